The van der Waals surface area contributed by atoms with Crippen molar-refractivity contribution in [2.24, 2.45) is 0 Å². The minimum Gasteiger partial charge on any atom is -0.456 e. The molecule has 1 aliphatic rings. The zero-order valence-electron chi connectivity index (χ0n) is 14.2. The highest BCUT2D eigenvalue weighted by molar-refractivity contribution is 6.07. The van der Waals surface area contributed by atoms with Crippen LogP contribution in [0.2, 0.25) is 0 Å². The lowest BCUT2D eigenvalue weighted by molar-refractivity contribution is -0.150. The van der Waals surface area contributed by atoms with Crippen LogP contribution in [-0.2, 0) is 25.5 Å². The van der Waals surface area contributed by atoms with E-state index >= 15 is 0 Å². The van der Waals surface area contributed by atoms with Crippen LogP contribution in [0.5, 0.6) is 0 Å². The molecule has 8 nitrogen and oxygen atoms in total. The van der Waals surface area contributed by atoms with E-state index in [0.29, 0.717) is 17.9 Å². The first-order valence-electron chi connectivity index (χ1n) is 8.01. The first-order valence-corrected chi connectivity index (χ1v) is 8.01. The zero-order chi connectivity index (χ0) is 18.4. The van der Waals surface area contributed by atoms with Crippen molar-refractivity contribution < 1.29 is 23.9 Å². The maximum atomic E-state index is 12.5. The van der Waals surface area contributed by atoms with E-state index in [4.69, 9.17) is 0 Å². The maximum absolute atomic E-state index is 12.5. The van der Waals surface area contributed by atoms with E-state index in [2.05, 4.69) is 15.5 Å². The summed E-state index contributed by atoms with van der Waals surface area (Å²) >= 11 is 0. The summed E-state index contributed by atoms with van der Waals surface area (Å²) in [7, 11) is 0. The van der Waals surface area contributed by atoms with Crippen LogP contribution in [0.3, 0.4) is 0 Å². The summed E-state index contributed by atoms with van der Waals surface area (Å²) in [4.78, 5) is 47.3. The summed E-state index contributed by atoms with van der Waals surface area (Å²) < 4.78 is 4.67. The predicted molar refractivity (Wildman–Crippen MR) is 87.9 cm³/mol. The number of carbonyl (C=O) groups excluding carboxylic acids is 4. The third-order valence-electron chi connectivity index (χ3n) is 3.91. The quantitative estimate of drug-likeness (QED) is 0.563. The van der Waals surface area contributed by atoms with Crippen molar-refractivity contribution >= 4 is 23.8 Å². The number of ether oxygens (including phenoxy) is 1. The van der Waals surface area contributed by atoms with Crippen LogP contribution in [-0.4, -0.2) is 41.0 Å². The van der Waals surface area contributed by atoms with Gasteiger partial charge in [0.25, 0.3) is 11.8 Å². The van der Waals surface area contributed by atoms with Gasteiger partial charge in [0.1, 0.15) is 5.54 Å². The number of carbonyl (C=O) groups is 4. The third kappa shape index (κ3) is 4.56. The molecule has 2 rings (SSSR count). The normalized spacial score (nSPS) is 19.5. The molecule has 2 N–H and O–H groups in total. The molecular weight excluding hydrogens is 326 g/mol. The topological polar surface area (TPSA) is 105 Å². The van der Waals surface area contributed by atoms with Crippen LogP contribution < -0.4 is 10.7 Å². The number of nitrogens with zero attached hydrogens (tertiary/aromatic N) is 1. The number of hydrogen-bond donors (Lipinski definition) is 2. The smallest absolute Gasteiger partial charge is 0.344 e. The van der Waals surface area contributed by atoms with E-state index < -0.39 is 36.0 Å². The van der Waals surface area contributed by atoms with Gasteiger partial charge < -0.3 is 10.1 Å². The summed E-state index contributed by atoms with van der Waals surface area (Å²) in [5.41, 5.74) is 2.10. The number of urea groups is 1. The minimum atomic E-state index is -1.11. The standard InChI is InChI=1S/C17H21N3O5/c1-3-14(22)25-11-13(21)19-20-15(23)17(2,18-16(20)24)10-9-12-7-5-4-6-8-12/h4-8H,3,9-11H2,1-2H3,(H,18,24)(H,19,21)/t17-/m0/s1. The number of benzene rings is 1. The van der Waals surface area contributed by atoms with E-state index in [0.717, 1.165) is 5.56 Å². The Kier molecular flexibility index (Phi) is 5.74. The lowest BCUT2D eigenvalue weighted by Crippen LogP contribution is -2.50. The molecule has 0 radical (unpaired) electrons. The van der Waals surface area contributed by atoms with Crippen molar-refractivity contribution in [3.63, 3.8) is 0 Å². The summed E-state index contributed by atoms with van der Waals surface area (Å²) in [6, 6.07) is 8.86. The Morgan fingerprint density at radius 2 is 1.92 bits per heavy atom. The molecule has 8 heteroatoms. The monoisotopic (exact) mass is 347 g/mol. The molecule has 0 spiro atoms. The van der Waals surface area contributed by atoms with Gasteiger partial charge in [-0.1, -0.05) is 37.3 Å². The molecule has 134 valence electrons. The molecule has 0 aromatic heterocycles. The van der Waals surface area contributed by atoms with E-state index in [-0.39, 0.29) is 6.42 Å². The zero-order valence-corrected chi connectivity index (χ0v) is 14.2. The van der Waals surface area contributed by atoms with Gasteiger partial charge in [-0.05, 0) is 25.3 Å². The van der Waals surface area contributed by atoms with E-state index in [1.165, 1.54) is 0 Å². The summed E-state index contributed by atoms with van der Waals surface area (Å²) in [6.07, 6.45) is 1.12. The van der Waals surface area contributed by atoms with Gasteiger partial charge in [0.05, 0.1) is 0 Å². The van der Waals surface area contributed by atoms with E-state index in [1.807, 2.05) is 30.3 Å². The van der Waals surface area contributed by atoms with Crippen LogP contribution in [0, 0.1) is 0 Å². The van der Waals surface area contributed by atoms with Crippen molar-refractivity contribution in [3.05, 3.63) is 35.9 Å². The van der Waals surface area contributed by atoms with Gasteiger partial charge in [0.2, 0.25) is 0 Å². The summed E-state index contributed by atoms with van der Waals surface area (Å²) in [5, 5.41) is 3.23. The SMILES string of the molecule is CCC(=O)OCC(=O)NN1C(=O)N[C@@](C)(CCc2ccccc2)C1=O. The van der Waals surface area contributed by atoms with Gasteiger partial charge in [0.15, 0.2) is 6.61 Å². The Labute approximate surface area is 145 Å². The number of aryl methyl sites for hydroxylation is 1. The van der Waals surface area contributed by atoms with Crippen molar-refractivity contribution in [2.75, 3.05) is 6.61 Å². The van der Waals surface area contributed by atoms with Gasteiger partial charge in [-0.25, -0.2) is 4.79 Å². The molecular formula is C17H21N3O5. The highest BCUT2D eigenvalue weighted by atomic mass is 16.5. The minimum absolute atomic E-state index is 0.133. The van der Waals surface area contributed by atoms with Crippen LogP contribution in [0.15, 0.2) is 30.3 Å². The number of imide groups is 1. The molecule has 0 unspecified atom stereocenters. The second kappa shape index (κ2) is 7.78. The van der Waals surface area contributed by atoms with Gasteiger partial charge in [0, 0.05) is 6.42 Å². The molecule has 1 aliphatic heterocycles. The second-order valence-electron chi connectivity index (χ2n) is 5.94. The summed E-state index contributed by atoms with van der Waals surface area (Å²) in [6.45, 7) is 2.65. The van der Waals surface area contributed by atoms with Crippen molar-refractivity contribution in [2.45, 2.75) is 38.6 Å². The number of hydrazine groups is 1. The fraction of sp³-hybridized carbons (Fsp3) is 0.412. The Morgan fingerprint density at radius 1 is 1.24 bits per heavy atom. The molecule has 1 heterocycles. The number of rotatable bonds is 7. The van der Waals surface area contributed by atoms with Crippen LogP contribution in [0.25, 0.3) is 0 Å². The first-order chi connectivity index (χ1) is 11.9. The number of amides is 4. The Bertz CT molecular complexity index is 676. The molecule has 25 heavy (non-hydrogen) atoms. The molecule has 0 bridgehead atoms. The van der Waals surface area contributed by atoms with Gasteiger partial charge in [-0.2, -0.15) is 5.01 Å². The van der Waals surface area contributed by atoms with Gasteiger partial charge in [-0.3, -0.25) is 19.8 Å². The lowest BCUT2D eigenvalue weighted by atomic mass is 9.93. The first kappa shape index (κ1) is 18.4. The van der Waals surface area contributed by atoms with E-state index in [9.17, 15) is 19.2 Å². The van der Waals surface area contributed by atoms with Crippen LogP contribution >= 0.6 is 0 Å². The fourth-order valence-electron chi connectivity index (χ4n) is 2.40. The molecule has 0 saturated carbocycles. The average Bonchev–Trinajstić information content (AvgIpc) is 2.82. The summed E-state index contributed by atoms with van der Waals surface area (Å²) in [5.74, 6) is -1.85. The molecule has 1 aromatic rings. The molecule has 1 aromatic carbocycles. The van der Waals surface area contributed by atoms with Crippen molar-refractivity contribution in [1.29, 1.82) is 0 Å². The van der Waals surface area contributed by atoms with Crippen molar-refractivity contribution in [1.82, 2.24) is 15.8 Å². The fourth-order valence-corrected chi connectivity index (χ4v) is 2.40. The largest absolute Gasteiger partial charge is 0.456 e. The molecule has 1 saturated heterocycles. The highest BCUT2D eigenvalue weighted by Crippen LogP contribution is 2.22. The molecule has 1 fully saturated rings. The van der Waals surface area contributed by atoms with Crippen LogP contribution in [0.4, 0.5) is 4.79 Å². The Balaban J connectivity index is 1.93. The third-order valence-corrected chi connectivity index (χ3v) is 3.91. The van der Waals surface area contributed by atoms with Gasteiger partial charge >= 0.3 is 12.0 Å². The van der Waals surface area contributed by atoms with Crippen molar-refractivity contribution in [3.8, 4) is 0 Å². The molecule has 1 atom stereocenters. The average molecular weight is 347 g/mol. The van der Waals surface area contributed by atoms with Gasteiger partial charge in [-0.15, -0.1) is 0 Å². The Morgan fingerprint density at radius 3 is 2.56 bits per heavy atom. The van der Waals surface area contributed by atoms with Crippen LogP contribution in [0.1, 0.15) is 32.3 Å². The predicted octanol–water partition coefficient (Wildman–Crippen LogP) is 0.914. The number of esters is 1. The molecule has 4 amide bonds. The number of nitrogens with one attached hydrogen (secondary N) is 2. The van der Waals surface area contributed by atoms with E-state index in [1.54, 1.807) is 13.8 Å². The number of hydrogen-bond acceptors (Lipinski definition) is 5. The second-order valence-corrected chi connectivity index (χ2v) is 5.94. The maximum Gasteiger partial charge on any atom is 0.344 e. The highest BCUT2D eigenvalue weighted by Gasteiger charge is 2.48. The molecule has 0 aliphatic carbocycles. The lowest BCUT2D eigenvalue weighted by Gasteiger charge is -2.21. The Hall–Kier alpha value is -2.90.